The molecule has 74 heavy (non-hydrogen) atoms. The molecule has 1 aromatic heterocycles. The molecular formula is C71H51N3. The van der Waals surface area contributed by atoms with Gasteiger partial charge in [0.25, 0.3) is 0 Å². The molecule has 13 aromatic rings. The molecule has 1 aliphatic carbocycles. The fraction of sp³-hybridized carbons (Fsp3) is 0.0423. The Bertz CT molecular complexity index is 4260. The SMILES string of the molecule is CC1(C)c2ccccc2-c2ccc(N(c3ccccc3)c3ccc(-c4ccc5[nH]c6ccc(N(c7ccc(-c8cccc9ccccc89)cc7)c7ccc(-c8ccccc8)c8ccccc78)cc6c5c4)cc3)cc21. The Morgan fingerprint density at radius 2 is 0.784 bits per heavy atom. The molecule has 0 bridgehead atoms. The lowest BCUT2D eigenvalue weighted by molar-refractivity contribution is 0.660. The first-order chi connectivity index (χ1) is 36.4. The van der Waals surface area contributed by atoms with E-state index in [2.05, 4.69) is 296 Å². The second kappa shape index (κ2) is 17.4. The van der Waals surface area contributed by atoms with Crippen LogP contribution in [0.4, 0.5) is 34.1 Å². The molecule has 3 heteroatoms. The number of fused-ring (bicyclic) bond motifs is 8. The summed E-state index contributed by atoms with van der Waals surface area (Å²) < 4.78 is 0. The van der Waals surface area contributed by atoms with Crippen LogP contribution in [0.5, 0.6) is 0 Å². The van der Waals surface area contributed by atoms with Gasteiger partial charge in [-0.05, 0) is 157 Å². The number of nitrogens with one attached hydrogen (secondary N) is 1. The van der Waals surface area contributed by atoms with E-state index in [4.69, 9.17) is 0 Å². The third-order valence-corrected chi connectivity index (χ3v) is 15.6. The highest BCUT2D eigenvalue weighted by Crippen LogP contribution is 2.51. The average Bonchev–Trinajstić information content (AvgIpc) is 3.97. The Morgan fingerprint density at radius 1 is 0.284 bits per heavy atom. The molecule has 0 amide bonds. The summed E-state index contributed by atoms with van der Waals surface area (Å²) in [5, 5.41) is 7.26. The lowest BCUT2D eigenvalue weighted by atomic mass is 9.82. The summed E-state index contributed by atoms with van der Waals surface area (Å²) in [4.78, 5) is 8.58. The third kappa shape index (κ3) is 7.19. The van der Waals surface area contributed by atoms with E-state index in [9.17, 15) is 0 Å². The summed E-state index contributed by atoms with van der Waals surface area (Å²) in [7, 11) is 0. The maximum absolute atomic E-state index is 3.76. The van der Waals surface area contributed by atoms with E-state index in [0.717, 1.165) is 50.7 Å². The van der Waals surface area contributed by atoms with Gasteiger partial charge >= 0.3 is 0 Å². The Balaban J connectivity index is 0.861. The molecule has 14 rings (SSSR count). The smallest absolute Gasteiger partial charge is 0.0540 e. The molecule has 0 radical (unpaired) electrons. The van der Waals surface area contributed by atoms with Crippen LogP contribution in [0, 0.1) is 0 Å². The van der Waals surface area contributed by atoms with Crippen molar-refractivity contribution in [1.29, 1.82) is 0 Å². The molecule has 1 N–H and O–H groups in total. The summed E-state index contributed by atoms with van der Waals surface area (Å²) in [5.41, 5.74) is 21.4. The fourth-order valence-corrected chi connectivity index (χ4v) is 11.9. The van der Waals surface area contributed by atoms with Gasteiger partial charge in [-0.25, -0.2) is 0 Å². The monoisotopic (exact) mass is 945 g/mol. The number of benzene rings is 12. The first-order valence-electron chi connectivity index (χ1n) is 25.7. The average molecular weight is 946 g/mol. The zero-order chi connectivity index (χ0) is 49.3. The highest BCUT2D eigenvalue weighted by atomic mass is 15.1. The summed E-state index contributed by atoms with van der Waals surface area (Å²) in [6.07, 6.45) is 0. The highest BCUT2D eigenvalue weighted by Gasteiger charge is 2.35. The van der Waals surface area contributed by atoms with Crippen LogP contribution in [0.3, 0.4) is 0 Å². The van der Waals surface area contributed by atoms with Crippen molar-refractivity contribution in [3.05, 3.63) is 278 Å². The molecule has 1 aliphatic rings. The van der Waals surface area contributed by atoms with Crippen LogP contribution in [-0.4, -0.2) is 4.98 Å². The molecule has 0 unspecified atom stereocenters. The van der Waals surface area contributed by atoms with E-state index in [1.807, 2.05) is 0 Å². The van der Waals surface area contributed by atoms with Crippen LogP contribution in [0.2, 0.25) is 0 Å². The van der Waals surface area contributed by atoms with Gasteiger partial charge in [0.2, 0.25) is 0 Å². The molecule has 0 aliphatic heterocycles. The molecule has 0 atom stereocenters. The van der Waals surface area contributed by atoms with Gasteiger partial charge in [-0.1, -0.05) is 196 Å². The van der Waals surface area contributed by atoms with E-state index >= 15 is 0 Å². The van der Waals surface area contributed by atoms with Gasteiger partial charge in [0.15, 0.2) is 0 Å². The van der Waals surface area contributed by atoms with Crippen molar-refractivity contribution < 1.29 is 0 Å². The normalized spacial score (nSPS) is 12.6. The Labute approximate surface area is 431 Å². The van der Waals surface area contributed by atoms with Crippen molar-refractivity contribution in [1.82, 2.24) is 4.98 Å². The summed E-state index contributed by atoms with van der Waals surface area (Å²) >= 11 is 0. The molecular weight excluding hydrogens is 895 g/mol. The molecule has 0 fully saturated rings. The quantitative estimate of drug-likeness (QED) is 0.156. The largest absolute Gasteiger partial charge is 0.355 e. The molecule has 12 aromatic carbocycles. The van der Waals surface area contributed by atoms with Gasteiger partial charge in [0, 0.05) is 61.0 Å². The molecule has 0 spiro atoms. The Hall–Kier alpha value is -9.44. The van der Waals surface area contributed by atoms with Gasteiger partial charge < -0.3 is 14.8 Å². The van der Waals surface area contributed by atoms with Crippen LogP contribution < -0.4 is 9.80 Å². The van der Waals surface area contributed by atoms with Crippen LogP contribution in [0.15, 0.2) is 267 Å². The van der Waals surface area contributed by atoms with Gasteiger partial charge in [-0.15, -0.1) is 0 Å². The van der Waals surface area contributed by atoms with Gasteiger partial charge in [-0.2, -0.15) is 0 Å². The van der Waals surface area contributed by atoms with E-state index in [1.54, 1.807) is 0 Å². The van der Waals surface area contributed by atoms with Crippen LogP contribution in [0.1, 0.15) is 25.0 Å². The molecule has 0 saturated heterocycles. The number of aromatic nitrogens is 1. The summed E-state index contributed by atoms with van der Waals surface area (Å²) in [5.74, 6) is 0. The predicted octanol–water partition coefficient (Wildman–Crippen LogP) is 19.9. The van der Waals surface area contributed by atoms with Crippen molar-refractivity contribution in [2.75, 3.05) is 9.80 Å². The van der Waals surface area contributed by atoms with E-state index in [0.29, 0.717) is 0 Å². The molecule has 3 nitrogen and oxygen atoms in total. The summed E-state index contributed by atoms with van der Waals surface area (Å²) in [6.45, 7) is 4.70. The minimum Gasteiger partial charge on any atom is -0.355 e. The zero-order valence-corrected chi connectivity index (χ0v) is 41.3. The second-order valence-corrected chi connectivity index (χ2v) is 20.2. The summed E-state index contributed by atoms with van der Waals surface area (Å²) in [6, 6.07) is 97.8. The van der Waals surface area contributed by atoms with Gasteiger partial charge in [-0.3, -0.25) is 0 Å². The predicted molar refractivity (Wildman–Crippen MR) is 314 cm³/mol. The number of para-hydroxylation sites is 1. The standard InChI is InChI=1S/C71H51N3/c1-71(2)66-27-14-13-24-61(66)62-39-37-56(46-67(62)71)73(52-20-7-4-8-21-52)53-33-28-47(29-34-53)51-32-41-68-64(44-51)65-45-55(38-42-69(65)72-68)74(54-35-30-50(31-36-54)58-26-15-19-49-18-9-10-22-57(49)58)70-43-40-59(48-16-5-3-6-17-48)60-23-11-12-25-63(60)70/h3-46,72H,1-2H3. The number of anilines is 6. The number of hydrogen-bond acceptors (Lipinski definition) is 2. The van der Waals surface area contributed by atoms with E-state index < -0.39 is 0 Å². The minimum absolute atomic E-state index is 0.0963. The fourth-order valence-electron chi connectivity index (χ4n) is 11.9. The highest BCUT2D eigenvalue weighted by molar-refractivity contribution is 6.11. The van der Waals surface area contributed by atoms with Gasteiger partial charge in [0.1, 0.15) is 0 Å². The van der Waals surface area contributed by atoms with Crippen molar-refractivity contribution in [2.45, 2.75) is 19.3 Å². The van der Waals surface area contributed by atoms with Crippen LogP contribution in [-0.2, 0) is 5.41 Å². The zero-order valence-electron chi connectivity index (χ0n) is 41.3. The maximum Gasteiger partial charge on any atom is 0.0540 e. The molecule has 1 heterocycles. The maximum atomic E-state index is 3.76. The Morgan fingerprint density at radius 3 is 1.58 bits per heavy atom. The first-order valence-corrected chi connectivity index (χ1v) is 25.7. The van der Waals surface area contributed by atoms with Crippen molar-refractivity contribution in [3.8, 4) is 44.5 Å². The van der Waals surface area contributed by atoms with Crippen LogP contribution >= 0.6 is 0 Å². The van der Waals surface area contributed by atoms with Gasteiger partial charge in [0.05, 0.1) is 5.69 Å². The number of H-pyrrole nitrogens is 1. The Kier molecular flexibility index (Phi) is 10.2. The molecule has 0 saturated carbocycles. The minimum atomic E-state index is -0.0963. The molecule has 350 valence electrons. The van der Waals surface area contributed by atoms with Crippen molar-refractivity contribution in [2.24, 2.45) is 0 Å². The topological polar surface area (TPSA) is 22.3 Å². The lowest BCUT2D eigenvalue weighted by Gasteiger charge is -2.28. The third-order valence-electron chi connectivity index (χ3n) is 15.6. The lowest BCUT2D eigenvalue weighted by Crippen LogP contribution is -2.16. The number of hydrogen-bond donors (Lipinski definition) is 1. The van der Waals surface area contributed by atoms with Crippen molar-refractivity contribution in [3.63, 3.8) is 0 Å². The number of rotatable bonds is 9. The number of nitrogens with zero attached hydrogens (tertiary/aromatic N) is 2. The van der Waals surface area contributed by atoms with Crippen molar-refractivity contribution >= 4 is 77.5 Å². The van der Waals surface area contributed by atoms with Crippen LogP contribution in [0.25, 0.3) is 87.9 Å². The first kappa shape index (κ1) is 43.4. The second-order valence-electron chi connectivity index (χ2n) is 20.2. The van der Waals surface area contributed by atoms with E-state index in [-0.39, 0.29) is 5.41 Å². The number of aromatic amines is 1. The van der Waals surface area contributed by atoms with E-state index in [1.165, 1.54) is 82.4 Å².